The van der Waals surface area contributed by atoms with E-state index in [1.54, 1.807) is 10.8 Å². The molecule has 3 heterocycles. The van der Waals surface area contributed by atoms with Gasteiger partial charge in [0.15, 0.2) is 8.32 Å². The summed E-state index contributed by atoms with van der Waals surface area (Å²) in [7, 11) is -1.81. The molecule has 0 aromatic carbocycles. The Morgan fingerprint density at radius 1 is 1.45 bits per heavy atom. The zero-order valence-corrected chi connectivity index (χ0v) is 14.8. The average molecular weight is 324 g/mol. The van der Waals surface area contributed by atoms with Crippen molar-refractivity contribution >= 4 is 8.32 Å². The van der Waals surface area contributed by atoms with Crippen LogP contribution in [0.5, 0.6) is 6.01 Å². The highest BCUT2D eigenvalue weighted by molar-refractivity contribution is 6.74. The molecule has 3 rings (SSSR count). The molecule has 2 aliphatic heterocycles. The van der Waals surface area contributed by atoms with Crippen molar-refractivity contribution in [3.05, 3.63) is 22.6 Å². The van der Waals surface area contributed by atoms with E-state index in [0.717, 1.165) is 6.42 Å². The van der Waals surface area contributed by atoms with Gasteiger partial charge < -0.3 is 13.9 Å². The van der Waals surface area contributed by atoms with Crippen LogP contribution in [0.4, 0.5) is 0 Å². The van der Waals surface area contributed by atoms with Crippen LogP contribution < -0.4 is 10.3 Å². The average Bonchev–Trinajstić information content (AvgIpc) is 2.72. The molecule has 1 fully saturated rings. The van der Waals surface area contributed by atoms with Gasteiger partial charge in [-0.25, -0.2) is 0 Å². The van der Waals surface area contributed by atoms with Gasteiger partial charge in [0.2, 0.25) is 0 Å². The van der Waals surface area contributed by atoms with E-state index in [1.165, 1.54) is 6.07 Å². The first kappa shape index (κ1) is 15.7. The monoisotopic (exact) mass is 324 g/mol. The van der Waals surface area contributed by atoms with E-state index < -0.39 is 8.32 Å². The summed E-state index contributed by atoms with van der Waals surface area (Å²) in [4.78, 5) is 15.3. The Balaban J connectivity index is 1.70. The largest absolute Gasteiger partial charge is 0.458 e. The molecular weight excluding hydrogens is 300 g/mol. The zero-order chi connectivity index (χ0) is 16.1. The summed E-state index contributed by atoms with van der Waals surface area (Å²) in [6.07, 6.45) is 2.13. The quantitative estimate of drug-likeness (QED) is 0.799. The summed E-state index contributed by atoms with van der Waals surface area (Å²) in [6.45, 7) is 11.6. The Morgan fingerprint density at radius 3 is 2.86 bits per heavy atom. The van der Waals surface area contributed by atoms with Gasteiger partial charge in [0, 0.05) is 18.7 Å². The maximum Gasteiger partial charge on any atom is 0.302 e. The topological polar surface area (TPSA) is 62.6 Å². The third-order valence-electron chi connectivity index (χ3n) is 4.97. The number of aromatic nitrogens is 2. The highest BCUT2D eigenvalue weighted by atomic mass is 28.4. The third-order valence-corrected chi connectivity index (χ3v) is 9.47. The summed E-state index contributed by atoms with van der Waals surface area (Å²) >= 11 is 0. The van der Waals surface area contributed by atoms with Crippen LogP contribution in [0.2, 0.25) is 18.1 Å². The smallest absolute Gasteiger partial charge is 0.302 e. The minimum absolute atomic E-state index is 0.0935. The number of hydrogen-bond acceptors (Lipinski definition) is 5. The number of nitrogens with zero attached hydrogens (tertiary/aromatic N) is 2. The molecule has 3 atom stereocenters. The van der Waals surface area contributed by atoms with Crippen molar-refractivity contribution in [3.63, 3.8) is 0 Å². The lowest BCUT2D eigenvalue weighted by molar-refractivity contribution is -0.0219. The molecule has 7 heteroatoms. The summed E-state index contributed by atoms with van der Waals surface area (Å²) in [5, 5.41) is 0.165. The first-order chi connectivity index (χ1) is 10.2. The lowest BCUT2D eigenvalue weighted by Gasteiger charge is -2.37. The molecule has 2 aliphatic rings. The van der Waals surface area contributed by atoms with Crippen LogP contribution in [-0.4, -0.2) is 36.7 Å². The second kappa shape index (κ2) is 5.18. The third kappa shape index (κ3) is 2.73. The predicted molar refractivity (Wildman–Crippen MR) is 84.6 cm³/mol. The highest BCUT2D eigenvalue weighted by Gasteiger charge is 2.45. The van der Waals surface area contributed by atoms with Gasteiger partial charge in [-0.3, -0.25) is 9.36 Å². The molecule has 1 aromatic rings. The van der Waals surface area contributed by atoms with Crippen LogP contribution in [-0.2, 0) is 9.16 Å². The van der Waals surface area contributed by atoms with E-state index in [0.29, 0.717) is 12.6 Å². The van der Waals surface area contributed by atoms with Gasteiger partial charge in [0.25, 0.3) is 5.56 Å². The standard InChI is InChI=1S/C15H24N2O4Si/c1-15(2,3)22(4,5)19-9-11-10-8-13(20-11)17-7-6-12(18)16-14(17)21-10/h6-7,10-11,13H,8-9H2,1-5H3/t10-,11?,13-/m1/s1. The molecule has 1 unspecified atom stereocenters. The van der Waals surface area contributed by atoms with Crippen LogP contribution in [0.25, 0.3) is 0 Å². The van der Waals surface area contributed by atoms with E-state index in [4.69, 9.17) is 13.9 Å². The lowest BCUT2D eigenvalue weighted by Crippen LogP contribution is -2.44. The minimum atomic E-state index is -1.81. The Hall–Kier alpha value is -1.18. The molecule has 0 radical (unpaired) electrons. The minimum Gasteiger partial charge on any atom is -0.458 e. The van der Waals surface area contributed by atoms with Crippen molar-refractivity contribution in [3.8, 4) is 6.01 Å². The fraction of sp³-hybridized carbons (Fsp3) is 0.733. The molecule has 1 saturated heterocycles. The maximum atomic E-state index is 11.4. The van der Waals surface area contributed by atoms with Gasteiger partial charge in [-0.05, 0) is 18.1 Å². The molecule has 22 heavy (non-hydrogen) atoms. The fourth-order valence-electron chi connectivity index (χ4n) is 2.49. The van der Waals surface area contributed by atoms with Crippen molar-refractivity contribution in [1.29, 1.82) is 0 Å². The van der Waals surface area contributed by atoms with E-state index in [9.17, 15) is 4.79 Å². The summed E-state index contributed by atoms with van der Waals surface area (Å²) in [5.41, 5.74) is -0.290. The Bertz CT molecular complexity index is 623. The SMILES string of the molecule is CC(C)(C)[Si](C)(C)OCC1O[C@@H]2C[C@H]1Oc1nc(=O)ccn12. The molecule has 0 spiro atoms. The van der Waals surface area contributed by atoms with E-state index in [-0.39, 0.29) is 29.0 Å². The molecule has 1 aromatic heterocycles. The molecule has 122 valence electrons. The number of rotatable bonds is 3. The van der Waals surface area contributed by atoms with Crippen LogP contribution >= 0.6 is 0 Å². The molecule has 0 N–H and O–H groups in total. The van der Waals surface area contributed by atoms with Crippen molar-refractivity contribution in [2.45, 2.75) is 63.8 Å². The molecule has 0 saturated carbocycles. The fourth-order valence-corrected chi connectivity index (χ4v) is 3.50. The van der Waals surface area contributed by atoms with Crippen LogP contribution in [0.3, 0.4) is 0 Å². The van der Waals surface area contributed by atoms with Crippen LogP contribution in [0.15, 0.2) is 17.1 Å². The normalized spacial score (nSPS) is 27.4. The molecule has 0 amide bonds. The highest BCUT2D eigenvalue weighted by Crippen LogP contribution is 2.40. The van der Waals surface area contributed by atoms with Gasteiger partial charge in [-0.1, -0.05) is 20.8 Å². The first-order valence-corrected chi connectivity index (χ1v) is 10.6. The van der Waals surface area contributed by atoms with Gasteiger partial charge in [0.05, 0.1) is 6.61 Å². The van der Waals surface area contributed by atoms with Crippen molar-refractivity contribution < 1.29 is 13.9 Å². The summed E-state index contributed by atoms with van der Waals surface area (Å²) in [6, 6.07) is 1.78. The molecular formula is C15H24N2O4Si. The number of ether oxygens (including phenoxy) is 2. The molecule has 6 nitrogen and oxygen atoms in total. The Morgan fingerprint density at radius 2 is 2.18 bits per heavy atom. The molecule has 2 bridgehead atoms. The Labute approximate surface area is 131 Å². The van der Waals surface area contributed by atoms with Crippen molar-refractivity contribution in [2.24, 2.45) is 0 Å². The van der Waals surface area contributed by atoms with Crippen LogP contribution in [0.1, 0.15) is 33.4 Å². The predicted octanol–water partition coefficient (Wildman–Crippen LogP) is 2.31. The molecule has 0 aliphatic carbocycles. The van der Waals surface area contributed by atoms with Crippen LogP contribution in [0, 0.1) is 0 Å². The zero-order valence-electron chi connectivity index (χ0n) is 13.8. The maximum absolute atomic E-state index is 11.4. The van der Waals surface area contributed by atoms with Gasteiger partial charge in [-0.15, -0.1) is 0 Å². The number of fused-ring (bicyclic) bond motifs is 4. The van der Waals surface area contributed by atoms with E-state index in [2.05, 4.69) is 38.8 Å². The van der Waals surface area contributed by atoms with E-state index >= 15 is 0 Å². The summed E-state index contributed by atoms with van der Waals surface area (Å²) < 4.78 is 19.9. The Kier molecular flexibility index (Phi) is 3.69. The summed E-state index contributed by atoms with van der Waals surface area (Å²) in [5.74, 6) is 0. The van der Waals surface area contributed by atoms with Gasteiger partial charge in [0.1, 0.15) is 18.4 Å². The van der Waals surface area contributed by atoms with Gasteiger partial charge >= 0.3 is 6.01 Å². The second-order valence-electron chi connectivity index (χ2n) is 7.55. The number of hydrogen-bond donors (Lipinski definition) is 0. The second-order valence-corrected chi connectivity index (χ2v) is 12.4. The van der Waals surface area contributed by atoms with Crippen molar-refractivity contribution in [1.82, 2.24) is 9.55 Å². The van der Waals surface area contributed by atoms with Gasteiger partial charge in [-0.2, -0.15) is 4.98 Å². The first-order valence-electron chi connectivity index (χ1n) is 7.73. The van der Waals surface area contributed by atoms with E-state index in [1.807, 2.05) is 0 Å². The van der Waals surface area contributed by atoms with Crippen molar-refractivity contribution in [2.75, 3.05) is 6.61 Å². The lowest BCUT2D eigenvalue weighted by atomic mass is 10.2.